The molecule has 1 aliphatic rings. The van der Waals surface area contributed by atoms with Crippen LogP contribution in [0.2, 0.25) is 0 Å². The number of nitrogens with zero attached hydrogens (tertiary/aromatic N) is 4. The predicted molar refractivity (Wildman–Crippen MR) is 73.3 cm³/mol. The molecule has 0 bridgehead atoms. The summed E-state index contributed by atoms with van der Waals surface area (Å²) in [4.78, 5) is 13.1. The van der Waals surface area contributed by atoms with Crippen LogP contribution < -0.4 is 16.2 Å². The number of hydrazine groups is 1. The Kier molecular flexibility index (Phi) is 4.33. The maximum absolute atomic E-state index is 5.34. The van der Waals surface area contributed by atoms with Gasteiger partial charge in [0.15, 0.2) is 5.82 Å². The summed E-state index contributed by atoms with van der Waals surface area (Å²) < 4.78 is 0. The number of rotatable bonds is 4. The number of hydrogen-bond acceptors (Lipinski definition) is 6. The second kappa shape index (κ2) is 5.97. The molecule has 0 unspecified atom stereocenters. The van der Waals surface area contributed by atoms with Crippen LogP contribution in [0.3, 0.4) is 0 Å². The molecule has 3 N–H and O–H groups in total. The van der Waals surface area contributed by atoms with Gasteiger partial charge in [0.1, 0.15) is 5.82 Å². The monoisotopic (exact) mass is 250 g/mol. The predicted octanol–water partition coefficient (Wildman–Crippen LogP) is 0.540. The van der Waals surface area contributed by atoms with Gasteiger partial charge in [-0.2, -0.15) is 0 Å². The highest BCUT2D eigenvalue weighted by Gasteiger charge is 2.18. The van der Waals surface area contributed by atoms with Crippen LogP contribution >= 0.6 is 0 Å². The van der Waals surface area contributed by atoms with Crippen molar-refractivity contribution in [2.75, 3.05) is 44.1 Å². The van der Waals surface area contributed by atoms with Crippen molar-refractivity contribution >= 4 is 11.6 Å². The first-order chi connectivity index (χ1) is 8.69. The van der Waals surface area contributed by atoms with Gasteiger partial charge in [0.05, 0.1) is 12.4 Å². The molecule has 0 aromatic carbocycles. The van der Waals surface area contributed by atoms with E-state index in [9.17, 15) is 0 Å². The van der Waals surface area contributed by atoms with Crippen LogP contribution in [-0.4, -0.2) is 48.6 Å². The van der Waals surface area contributed by atoms with E-state index in [4.69, 9.17) is 5.84 Å². The molecule has 0 spiro atoms. The summed E-state index contributed by atoms with van der Waals surface area (Å²) in [6.07, 6.45) is 5.90. The maximum atomic E-state index is 5.34. The maximum Gasteiger partial charge on any atom is 0.160 e. The van der Waals surface area contributed by atoms with Crippen molar-refractivity contribution < 1.29 is 0 Å². The lowest BCUT2D eigenvalue weighted by Gasteiger charge is -2.32. The fourth-order valence-electron chi connectivity index (χ4n) is 2.33. The Morgan fingerprint density at radius 1 is 1.44 bits per heavy atom. The van der Waals surface area contributed by atoms with Gasteiger partial charge < -0.3 is 15.2 Å². The summed E-state index contributed by atoms with van der Waals surface area (Å²) in [5, 5.41) is 0. The molecule has 2 rings (SSSR count). The van der Waals surface area contributed by atoms with Crippen molar-refractivity contribution in [1.82, 2.24) is 14.9 Å². The third kappa shape index (κ3) is 3.30. The van der Waals surface area contributed by atoms with Gasteiger partial charge in [0, 0.05) is 13.6 Å². The average molecular weight is 250 g/mol. The molecule has 1 saturated heterocycles. The second-order valence-electron chi connectivity index (χ2n) is 5.03. The van der Waals surface area contributed by atoms with Gasteiger partial charge in [-0.05, 0) is 38.9 Å². The highest BCUT2D eigenvalue weighted by Crippen LogP contribution is 2.19. The molecule has 0 radical (unpaired) electrons. The van der Waals surface area contributed by atoms with Crippen molar-refractivity contribution in [2.24, 2.45) is 11.8 Å². The molecule has 1 aromatic rings. The highest BCUT2D eigenvalue weighted by atomic mass is 15.3. The molecule has 0 saturated carbocycles. The van der Waals surface area contributed by atoms with Crippen molar-refractivity contribution in [1.29, 1.82) is 0 Å². The van der Waals surface area contributed by atoms with E-state index >= 15 is 0 Å². The Bertz CT molecular complexity index is 375. The van der Waals surface area contributed by atoms with Crippen LogP contribution in [0.25, 0.3) is 0 Å². The van der Waals surface area contributed by atoms with Crippen LogP contribution in [0.5, 0.6) is 0 Å². The second-order valence-corrected chi connectivity index (χ2v) is 5.03. The Balaban J connectivity index is 1.92. The van der Waals surface area contributed by atoms with Gasteiger partial charge in [-0.1, -0.05) is 0 Å². The number of anilines is 2. The molecule has 1 aromatic heterocycles. The van der Waals surface area contributed by atoms with Gasteiger partial charge >= 0.3 is 0 Å². The third-order valence-corrected chi connectivity index (χ3v) is 3.53. The topological polar surface area (TPSA) is 70.3 Å². The van der Waals surface area contributed by atoms with Gasteiger partial charge in [-0.3, -0.25) is 4.98 Å². The fourth-order valence-corrected chi connectivity index (χ4v) is 2.33. The number of nitrogens with one attached hydrogen (secondary N) is 1. The first-order valence-corrected chi connectivity index (χ1v) is 6.37. The fraction of sp³-hybridized carbons (Fsp3) is 0.667. The molecule has 1 fully saturated rings. The van der Waals surface area contributed by atoms with Gasteiger partial charge in [-0.25, -0.2) is 10.8 Å². The number of aromatic nitrogens is 2. The number of likely N-dealkylation sites (tertiary alicyclic amines) is 1. The molecule has 0 aliphatic carbocycles. The molecule has 100 valence electrons. The SMILES string of the molecule is CN1CCC(CN(C)c2cncc(NN)n2)CC1. The minimum atomic E-state index is 0.600. The minimum absolute atomic E-state index is 0.600. The molecule has 6 nitrogen and oxygen atoms in total. The number of piperidine rings is 1. The summed E-state index contributed by atoms with van der Waals surface area (Å²) in [5.41, 5.74) is 2.52. The van der Waals surface area contributed by atoms with Crippen LogP contribution in [0.1, 0.15) is 12.8 Å². The molecule has 18 heavy (non-hydrogen) atoms. The normalized spacial score (nSPS) is 17.7. The molecule has 2 heterocycles. The standard InChI is InChI=1S/C12H22N6/c1-17-5-3-10(4-6-17)9-18(2)12-8-14-7-11(15-12)16-13/h7-8,10H,3-6,9,13H2,1-2H3,(H,15,16). The van der Waals surface area contributed by atoms with Crippen molar-refractivity contribution in [2.45, 2.75) is 12.8 Å². The molecular formula is C12H22N6. The Labute approximate surface area is 108 Å². The molecular weight excluding hydrogens is 228 g/mol. The van der Waals surface area contributed by atoms with E-state index in [-0.39, 0.29) is 0 Å². The van der Waals surface area contributed by atoms with Gasteiger partial charge in [0.25, 0.3) is 0 Å². The zero-order valence-electron chi connectivity index (χ0n) is 11.1. The molecule has 6 heteroatoms. The van der Waals surface area contributed by atoms with E-state index < -0.39 is 0 Å². The van der Waals surface area contributed by atoms with E-state index in [1.54, 1.807) is 12.4 Å². The Morgan fingerprint density at radius 3 is 2.83 bits per heavy atom. The average Bonchev–Trinajstić information content (AvgIpc) is 2.41. The van der Waals surface area contributed by atoms with E-state index in [0.717, 1.165) is 18.3 Å². The minimum Gasteiger partial charge on any atom is -0.358 e. The lowest BCUT2D eigenvalue weighted by Crippen LogP contribution is -2.36. The summed E-state index contributed by atoms with van der Waals surface area (Å²) in [6.45, 7) is 3.40. The highest BCUT2D eigenvalue weighted by molar-refractivity contribution is 5.42. The van der Waals surface area contributed by atoms with Gasteiger partial charge in [0.2, 0.25) is 0 Å². The van der Waals surface area contributed by atoms with E-state index in [0.29, 0.717) is 5.82 Å². The third-order valence-electron chi connectivity index (χ3n) is 3.53. The van der Waals surface area contributed by atoms with Crippen molar-refractivity contribution in [3.05, 3.63) is 12.4 Å². The smallest absolute Gasteiger partial charge is 0.160 e. The zero-order chi connectivity index (χ0) is 13.0. The van der Waals surface area contributed by atoms with E-state index in [1.165, 1.54) is 25.9 Å². The van der Waals surface area contributed by atoms with E-state index in [2.05, 4.69) is 39.3 Å². The van der Waals surface area contributed by atoms with Gasteiger partial charge in [-0.15, -0.1) is 0 Å². The first-order valence-electron chi connectivity index (χ1n) is 6.37. The van der Waals surface area contributed by atoms with E-state index in [1.807, 2.05) is 0 Å². The van der Waals surface area contributed by atoms with Crippen LogP contribution in [0, 0.1) is 5.92 Å². The Morgan fingerprint density at radius 2 is 2.17 bits per heavy atom. The van der Waals surface area contributed by atoms with Crippen molar-refractivity contribution in [3.8, 4) is 0 Å². The lowest BCUT2D eigenvalue weighted by molar-refractivity contribution is 0.222. The molecule has 0 atom stereocenters. The summed E-state index contributed by atoms with van der Waals surface area (Å²) >= 11 is 0. The molecule has 0 amide bonds. The summed E-state index contributed by atoms with van der Waals surface area (Å²) in [6, 6.07) is 0. The van der Waals surface area contributed by atoms with Crippen LogP contribution in [0.4, 0.5) is 11.6 Å². The lowest BCUT2D eigenvalue weighted by atomic mass is 9.97. The molecule has 1 aliphatic heterocycles. The Hall–Kier alpha value is -1.40. The largest absolute Gasteiger partial charge is 0.358 e. The summed E-state index contributed by atoms with van der Waals surface area (Å²) in [5.74, 6) is 7.55. The van der Waals surface area contributed by atoms with Crippen LogP contribution in [0.15, 0.2) is 12.4 Å². The number of hydrogen-bond donors (Lipinski definition) is 2. The number of nitrogens with two attached hydrogens (primary N) is 1. The first kappa shape index (κ1) is 13.0. The number of nitrogen functional groups attached to an aromatic ring is 1. The summed E-state index contributed by atoms with van der Waals surface area (Å²) in [7, 11) is 4.24. The quantitative estimate of drug-likeness (QED) is 0.600. The zero-order valence-corrected chi connectivity index (χ0v) is 11.1. The van der Waals surface area contributed by atoms with Crippen molar-refractivity contribution in [3.63, 3.8) is 0 Å². The van der Waals surface area contributed by atoms with Crippen LogP contribution in [-0.2, 0) is 0 Å².